The van der Waals surface area contributed by atoms with Crippen molar-refractivity contribution in [2.45, 2.75) is 25.8 Å². The molecule has 108 valence electrons. The molecule has 21 heavy (non-hydrogen) atoms. The standard InChI is InChI=1S/C17H17BrN2O/c1-10-2-5-14(15(18)8-10)17(21)20-16-7-3-11-9-12(19)4-6-13(11)16/h2,4-6,8-9,16H,3,7,19H2,1H3,(H,20,21). The average molecular weight is 345 g/mol. The highest BCUT2D eigenvalue weighted by Gasteiger charge is 2.24. The van der Waals surface area contributed by atoms with Crippen LogP contribution in [0.1, 0.15) is 39.5 Å². The highest BCUT2D eigenvalue weighted by atomic mass is 79.9. The lowest BCUT2D eigenvalue weighted by molar-refractivity contribution is 0.0936. The van der Waals surface area contributed by atoms with Gasteiger partial charge in [-0.25, -0.2) is 0 Å². The topological polar surface area (TPSA) is 55.1 Å². The van der Waals surface area contributed by atoms with Gasteiger partial charge in [-0.2, -0.15) is 0 Å². The first-order valence-electron chi connectivity index (χ1n) is 7.00. The Balaban J connectivity index is 1.81. The maximum Gasteiger partial charge on any atom is 0.252 e. The van der Waals surface area contributed by atoms with Gasteiger partial charge in [0.25, 0.3) is 5.91 Å². The summed E-state index contributed by atoms with van der Waals surface area (Å²) in [6, 6.07) is 11.7. The van der Waals surface area contributed by atoms with Crippen LogP contribution in [0, 0.1) is 6.92 Å². The van der Waals surface area contributed by atoms with E-state index in [4.69, 9.17) is 5.73 Å². The molecule has 0 fully saturated rings. The van der Waals surface area contributed by atoms with Crippen LogP contribution in [0.3, 0.4) is 0 Å². The smallest absolute Gasteiger partial charge is 0.252 e. The van der Waals surface area contributed by atoms with Gasteiger partial charge in [0.15, 0.2) is 0 Å². The number of nitrogens with one attached hydrogen (secondary N) is 1. The lowest BCUT2D eigenvalue weighted by Gasteiger charge is -2.15. The monoisotopic (exact) mass is 344 g/mol. The molecule has 3 nitrogen and oxygen atoms in total. The minimum Gasteiger partial charge on any atom is -0.399 e. The SMILES string of the molecule is Cc1ccc(C(=O)NC2CCc3cc(N)ccc32)c(Br)c1. The van der Waals surface area contributed by atoms with Gasteiger partial charge in [-0.3, -0.25) is 4.79 Å². The molecule has 0 heterocycles. The molecule has 4 heteroatoms. The van der Waals surface area contributed by atoms with Gasteiger partial charge in [0.1, 0.15) is 0 Å². The van der Waals surface area contributed by atoms with E-state index in [0.717, 1.165) is 28.6 Å². The summed E-state index contributed by atoms with van der Waals surface area (Å²) in [5.74, 6) is -0.0449. The quantitative estimate of drug-likeness (QED) is 0.815. The summed E-state index contributed by atoms with van der Waals surface area (Å²) >= 11 is 3.46. The van der Waals surface area contributed by atoms with Crippen LogP contribution in [-0.4, -0.2) is 5.91 Å². The van der Waals surface area contributed by atoms with Crippen LogP contribution >= 0.6 is 15.9 Å². The molecule has 0 aromatic heterocycles. The first kappa shape index (κ1) is 14.1. The molecule has 1 aliphatic rings. The fourth-order valence-corrected chi connectivity index (χ4v) is 3.50. The van der Waals surface area contributed by atoms with Crippen LogP contribution < -0.4 is 11.1 Å². The van der Waals surface area contributed by atoms with Gasteiger partial charge in [0.2, 0.25) is 0 Å². The molecule has 0 spiro atoms. The van der Waals surface area contributed by atoms with Crippen LogP contribution in [0.4, 0.5) is 5.69 Å². The number of benzene rings is 2. The predicted octanol–water partition coefficient (Wildman–Crippen LogP) is 3.76. The largest absolute Gasteiger partial charge is 0.399 e. The van der Waals surface area contributed by atoms with Crippen LogP contribution in [0.25, 0.3) is 0 Å². The van der Waals surface area contributed by atoms with Crippen molar-refractivity contribution >= 4 is 27.5 Å². The number of anilines is 1. The molecule has 1 aliphatic carbocycles. The maximum atomic E-state index is 12.4. The number of nitrogens with two attached hydrogens (primary N) is 1. The van der Waals surface area contributed by atoms with Crippen LogP contribution in [0.5, 0.6) is 0 Å². The van der Waals surface area contributed by atoms with E-state index >= 15 is 0 Å². The van der Waals surface area contributed by atoms with Crippen molar-refractivity contribution in [2.24, 2.45) is 0 Å². The van der Waals surface area contributed by atoms with Gasteiger partial charge in [-0.15, -0.1) is 0 Å². The van der Waals surface area contributed by atoms with Crippen molar-refractivity contribution in [3.05, 3.63) is 63.1 Å². The van der Waals surface area contributed by atoms with E-state index in [1.165, 1.54) is 11.1 Å². The van der Waals surface area contributed by atoms with E-state index in [9.17, 15) is 4.79 Å². The predicted molar refractivity (Wildman–Crippen MR) is 88.3 cm³/mol. The molecule has 0 bridgehead atoms. The highest BCUT2D eigenvalue weighted by Crippen LogP contribution is 2.32. The van der Waals surface area contributed by atoms with Gasteiger partial charge in [0.05, 0.1) is 11.6 Å². The minimum atomic E-state index is -0.0449. The van der Waals surface area contributed by atoms with Crippen molar-refractivity contribution in [2.75, 3.05) is 5.73 Å². The first-order valence-corrected chi connectivity index (χ1v) is 7.79. The number of aryl methyl sites for hydroxylation is 2. The van der Waals surface area contributed by atoms with Crippen LogP contribution in [-0.2, 0) is 6.42 Å². The van der Waals surface area contributed by atoms with Gasteiger partial charge in [0, 0.05) is 10.2 Å². The van der Waals surface area contributed by atoms with Gasteiger partial charge >= 0.3 is 0 Å². The number of carbonyl (C=O) groups excluding carboxylic acids is 1. The van der Waals surface area contributed by atoms with Crippen LogP contribution in [0.2, 0.25) is 0 Å². The molecule has 1 amide bonds. The van der Waals surface area contributed by atoms with E-state index in [0.29, 0.717) is 5.56 Å². The first-order chi connectivity index (χ1) is 10.0. The van der Waals surface area contributed by atoms with Crippen LogP contribution in [0.15, 0.2) is 40.9 Å². The second-order valence-electron chi connectivity index (χ2n) is 5.51. The molecule has 1 atom stereocenters. The fraction of sp³-hybridized carbons (Fsp3) is 0.235. The van der Waals surface area contributed by atoms with Gasteiger partial charge < -0.3 is 11.1 Å². The van der Waals surface area contributed by atoms with Crippen molar-refractivity contribution in [1.82, 2.24) is 5.32 Å². The molecular weight excluding hydrogens is 328 g/mol. The van der Waals surface area contributed by atoms with Crippen molar-refractivity contribution in [1.29, 1.82) is 0 Å². The zero-order valence-electron chi connectivity index (χ0n) is 11.8. The maximum absolute atomic E-state index is 12.4. The number of hydrogen-bond acceptors (Lipinski definition) is 2. The lowest BCUT2D eigenvalue weighted by Crippen LogP contribution is -2.27. The normalized spacial score (nSPS) is 16.6. The Hall–Kier alpha value is -1.81. The zero-order valence-corrected chi connectivity index (χ0v) is 13.4. The lowest BCUT2D eigenvalue weighted by atomic mass is 10.1. The van der Waals surface area contributed by atoms with E-state index in [-0.39, 0.29) is 11.9 Å². The fourth-order valence-electron chi connectivity index (χ4n) is 2.83. The van der Waals surface area contributed by atoms with E-state index < -0.39 is 0 Å². The third kappa shape index (κ3) is 2.81. The summed E-state index contributed by atoms with van der Waals surface area (Å²) in [6.07, 6.45) is 1.88. The van der Waals surface area contributed by atoms with Gasteiger partial charge in [-0.05, 0) is 76.7 Å². The molecule has 0 saturated heterocycles. The molecule has 0 saturated carbocycles. The Kier molecular flexibility index (Phi) is 3.72. The molecule has 3 N–H and O–H groups in total. The summed E-state index contributed by atoms with van der Waals surface area (Å²) < 4.78 is 0.829. The molecule has 0 radical (unpaired) electrons. The summed E-state index contributed by atoms with van der Waals surface area (Å²) in [5.41, 5.74) is 10.8. The Labute approximate surface area is 132 Å². The number of carbonyl (C=O) groups is 1. The molecule has 2 aromatic rings. The number of halogens is 1. The highest BCUT2D eigenvalue weighted by molar-refractivity contribution is 9.10. The second kappa shape index (κ2) is 5.53. The van der Waals surface area contributed by atoms with E-state index in [2.05, 4.69) is 21.2 Å². The summed E-state index contributed by atoms with van der Waals surface area (Å²) in [4.78, 5) is 12.4. The number of fused-ring (bicyclic) bond motifs is 1. The Morgan fingerprint density at radius 1 is 1.29 bits per heavy atom. The van der Waals surface area contributed by atoms with E-state index in [1.807, 2.05) is 43.3 Å². The summed E-state index contributed by atoms with van der Waals surface area (Å²) in [7, 11) is 0. The number of amides is 1. The van der Waals surface area contributed by atoms with Gasteiger partial charge in [-0.1, -0.05) is 12.1 Å². The second-order valence-corrected chi connectivity index (χ2v) is 6.36. The van der Waals surface area contributed by atoms with Crippen molar-refractivity contribution < 1.29 is 4.79 Å². The number of hydrogen-bond donors (Lipinski definition) is 2. The Bertz CT molecular complexity index is 712. The van der Waals surface area contributed by atoms with E-state index in [1.54, 1.807) is 0 Å². The summed E-state index contributed by atoms with van der Waals surface area (Å²) in [6.45, 7) is 2.00. The summed E-state index contributed by atoms with van der Waals surface area (Å²) in [5, 5.41) is 3.12. The number of nitrogen functional groups attached to an aromatic ring is 1. The minimum absolute atomic E-state index is 0.0449. The molecule has 2 aromatic carbocycles. The Morgan fingerprint density at radius 3 is 2.86 bits per heavy atom. The zero-order chi connectivity index (χ0) is 15.0. The average Bonchev–Trinajstić information content (AvgIpc) is 2.80. The number of rotatable bonds is 2. The molecule has 1 unspecified atom stereocenters. The molecular formula is C17H17BrN2O. The molecule has 0 aliphatic heterocycles. The Morgan fingerprint density at radius 2 is 2.10 bits per heavy atom. The van der Waals surface area contributed by atoms with Crippen molar-refractivity contribution in [3.63, 3.8) is 0 Å². The third-order valence-electron chi connectivity index (χ3n) is 3.92. The van der Waals surface area contributed by atoms with Crippen molar-refractivity contribution in [3.8, 4) is 0 Å². The third-order valence-corrected chi connectivity index (χ3v) is 4.58. The molecule has 3 rings (SSSR count).